The van der Waals surface area contributed by atoms with E-state index in [-0.39, 0.29) is 5.60 Å². The lowest BCUT2D eigenvalue weighted by atomic mass is 9.86. The first-order chi connectivity index (χ1) is 10.3. The number of hydrogen-bond acceptors (Lipinski definition) is 1. The molecule has 1 nitrogen and oxygen atoms in total. The molecular weight excluding hydrogens is 300 g/mol. The second kappa shape index (κ2) is 7.16. The molecule has 1 fully saturated rings. The van der Waals surface area contributed by atoms with Crippen molar-refractivity contribution in [3.8, 4) is 11.5 Å². The van der Waals surface area contributed by atoms with Crippen LogP contribution < -0.4 is 5.19 Å². The molecule has 0 aromatic heterocycles. The van der Waals surface area contributed by atoms with Crippen LogP contribution in [0.3, 0.4) is 0 Å². The molecule has 0 bridgehead atoms. The van der Waals surface area contributed by atoms with E-state index in [0.717, 1.165) is 12.8 Å². The maximum atomic E-state index is 6.55. The Bertz CT molecular complexity index is 569. The summed E-state index contributed by atoms with van der Waals surface area (Å²) < 4.78 is 6.55. The first kappa shape index (κ1) is 17.5. The van der Waals surface area contributed by atoms with Crippen LogP contribution >= 0.6 is 0 Å². The fourth-order valence-electron chi connectivity index (χ4n) is 3.27. The molecule has 0 unspecified atom stereocenters. The van der Waals surface area contributed by atoms with E-state index in [1.165, 1.54) is 35.6 Å². The summed E-state index contributed by atoms with van der Waals surface area (Å²) in [4.78, 5) is 0. The molecule has 2 rings (SSSR count). The average molecular weight is 331 g/mol. The van der Waals surface area contributed by atoms with Gasteiger partial charge in [-0.25, -0.2) is 0 Å². The summed E-state index contributed by atoms with van der Waals surface area (Å²) in [5.41, 5.74) is 6.28. The van der Waals surface area contributed by atoms with E-state index >= 15 is 0 Å². The summed E-state index contributed by atoms with van der Waals surface area (Å²) in [5.74, 6) is 3.61. The van der Waals surface area contributed by atoms with Crippen LogP contribution in [0.15, 0.2) is 18.2 Å². The Labute approximate surface area is 139 Å². The number of rotatable bonds is 3. The predicted molar refractivity (Wildman–Crippen MR) is 102 cm³/mol. The molecule has 0 amide bonds. The fraction of sp³-hybridized carbons (Fsp3) is 0.579. The second-order valence-electron chi connectivity index (χ2n) is 7.61. The van der Waals surface area contributed by atoms with Crippen LogP contribution in [0.5, 0.6) is 0 Å². The van der Waals surface area contributed by atoms with Gasteiger partial charge in [-0.1, -0.05) is 30.5 Å². The first-order valence-electron chi connectivity index (χ1n) is 8.57. The third-order valence-electron chi connectivity index (χ3n) is 4.47. The van der Waals surface area contributed by atoms with Crippen molar-refractivity contribution in [2.75, 3.05) is 0 Å². The summed E-state index contributed by atoms with van der Waals surface area (Å²) in [5, 5.41) is 1.49. The third-order valence-corrected chi connectivity index (χ3v) is 6.98. The van der Waals surface area contributed by atoms with Crippen LogP contribution in [-0.2, 0) is 4.43 Å². The van der Waals surface area contributed by atoms with Crippen molar-refractivity contribution in [1.29, 1.82) is 0 Å². The van der Waals surface area contributed by atoms with Crippen molar-refractivity contribution in [3.05, 3.63) is 29.3 Å². The summed E-state index contributed by atoms with van der Waals surface area (Å²) in [7, 11) is -2.08. The molecule has 1 aliphatic rings. The lowest BCUT2D eigenvalue weighted by Crippen LogP contribution is -2.43. The summed E-state index contributed by atoms with van der Waals surface area (Å²) in [6, 6.07) is 6.62. The van der Waals surface area contributed by atoms with E-state index < -0.39 is 17.8 Å². The van der Waals surface area contributed by atoms with Crippen molar-refractivity contribution in [1.82, 2.24) is 0 Å². The molecule has 0 radical (unpaired) electrons. The Morgan fingerprint density at radius 1 is 1.09 bits per heavy atom. The van der Waals surface area contributed by atoms with Gasteiger partial charge in [0.05, 0.1) is 0 Å². The summed E-state index contributed by atoms with van der Waals surface area (Å²) in [6.07, 6.45) is 6.14. The molecule has 1 aromatic rings. The Morgan fingerprint density at radius 3 is 2.41 bits per heavy atom. The maximum Gasteiger partial charge on any atom is 0.185 e. The van der Waals surface area contributed by atoms with Gasteiger partial charge in [-0.2, -0.15) is 0 Å². The quantitative estimate of drug-likeness (QED) is 0.608. The summed E-state index contributed by atoms with van der Waals surface area (Å²) in [6.45, 7) is 11.3. The minimum Gasteiger partial charge on any atom is -0.402 e. The van der Waals surface area contributed by atoms with Crippen LogP contribution in [0.1, 0.15) is 43.2 Å². The zero-order valence-corrected chi connectivity index (χ0v) is 17.3. The van der Waals surface area contributed by atoms with Gasteiger partial charge >= 0.3 is 0 Å². The van der Waals surface area contributed by atoms with E-state index in [2.05, 4.69) is 63.2 Å². The zero-order valence-electron chi connectivity index (χ0n) is 14.9. The molecule has 1 aliphatic carbocycles. The minimum atomic E-state index is -1.55. The van der Waals surface area contributed by atoms with Gasteiger partial charge in [0.1, 0.15) is 15.1 Å². The summed E-state index contributed by atoms with van der Waals surface area (Å²) >= 11 is 0. The molecule has 0 N–H and O–H groups in total. The van der Waals surface area contributed by atoms with Gasteiger partial charge in [0.25, 0.3) is 0 Å². The second-order valence-corrected chi connectivity index (χ2v) is 13.5. The maximum absolute atomic E-state index is 6.55. The normalized spacial score (nSPS) is 18.2. The first-order valence-corrected chi connectivity index (χ1v) is 13.4. The van der Waals surface area contributed by atoms with E-state index in [9.17, 15) is 0 Å². The predicted octanol–water partition coefficient (Wildman–Crippen LogP) is 3.61. The number of aryl methyl sites for hydroxylation is 1. The number of hydrogen-bond donors (Lipinski definition) is 0. The highest BCUT2D eigenvalue weighted by Gasteiger charge is 2.35. The average Bonchev–Trinajstić information content (AvgIpc) is 2.42. The molecular formula is C19H30OSi2. The number of benzene rings is 1. The van der Waals surface area contributed by atoms with Crippen LogP contribution in [0, 0.1) is 25.3 Å². The molecule has 0 spiro atoms. The lowest BCUT2D eigenvalue weighted by molar-refractivity contribution is 0.0797. The molecule has 0 atom stereocenters. The highest BCUT2D eigenvalue weighted by atomic mass is 28.4. The van der Waals surface area contributed by atoms with Crippen molar-refractivity contribution < 1.29 is 4.43 Å². The monoisotopic (exact) mass is 330 g/mol. The van der Waals surface area contributed by atoms with Crippen LogP contribution in [0.4, 0.5) is 0 Å². The molecule has 0 saturated heterocycles. The molecule has 1 saturated carbocycles. The van der Waals surface area contributed by atoms with Gasteiger partial charge in [0.15, 0.2) is 8.32 Å². The van der Waals surface area contributed by atoms with Gasteiger partial charge in [0, 0.05) is 0 Å². The zero-order chi connectivity index (χ0) is 16.2. The lowest BCUT2D eigenvalue weighted by Gasteiger charge is -2.38. The van der Waals surface area contributed by atoms with E-state index in [0.29, 0.717) is 0 Å². The Morgan fingerprint density at radius 2 is 1.77 bits per heavy atom. The van der Waals surface area contributed by atoms with Crippen LogP contribution in [-0.4, -0.2) is 23.4 Å². The fourth-order valence-corrected chi connectivity index (χ4v) is 6.09. The minimum absolute atomic E-state index is 0.131. The van der Waals surface area contributed by atoms with Gasteiger partial charge in [-0.05, 0) is 75.5 Å². The highest BCUT2D eigenvalue weighted by molar-refractivity contribution is 6.69. The Hall–Kier alpha value is -0.826. The van der Waals surface area contributed by atoms with Crippen molar-refractivity contribution in [2.45, 2.75) is 71.2 Å². The van der Waals surface area contributed by atoms with Crippen molar-refractivity contribution in [3.63, 3.8) is 0 Å². The molecule has 0 heterocycles. The van der Waals surface area contributed by atoms with E-state index in [4.69, 9.17) is 4.43 Å². The molecule has 3 heteroatoms. The van der Waals surface area contributed by atoms with Gasteiger partial charge in [0.2, 0.25) is 0 Å². The SMILES string of the molecule is Cc1cccc([SiH2]C#CC2(O[Si](C)(C)C)CCCCC2)c1C. The van der Waals surface area contributed by atoms with Gasteiger partial charge < -0.3 is 4.43 Å². The molecule has 0 aliphatic heterocycles. The van der Waals surface area contributed by atoms with Crippen molar-refractivity contribution in [2.24, 2.45) is 0 Å². The van der Waals surface area contributed by atoms with Gasteiger partial charge in [-0.15, -0.1) is 5.54 Å². The van der Waals surface area contributed by atoms with Gasteiger partial charge in [-0.3, -0.25) is 0 Å². The molecule has 1 aromatic carbocycles. The van der Waals surface area contributed by atoms with Crippen LogP contribution in [0.25, 0.3) is 0 Å². The third kappa shape index (κ3) is 4.84. The molecule has 22 heavy (non-hydrogen) atoms. The van der Waals surface area contributed by atoms with Crippen molar-refractivity contribution >= 4 is 23.0 Å². The Kier molecular flexibility index (Phi) is 5.71. The van der Waals surface area contributed by atoms with E-state index in [1.807, 2.05) is 0 Å². The largest absolute Gasteiger partial charge is 0.402 e. The highest BCUT2D eigenvalue weighted by Crippen LogP contribution is 2.33. The smallest absolute Gasteiger partial charge is 0.185 e. The molecule has 120 valence electrons. The standard InChI is InChI=1S/C19H30OSi2/c1-16-10-9-11-18(17(16)2)21-15-14-19(20-22(3,4)5)12-7-6-8-13-19/h9-11H,6-8,12-13,21H2,1-5H3. The Balaban J connectivity index is 2.16. The van der Waals surface area contributed by atoms with Crippen LogP contribution in [0.2, 0.25) is 19.6 Å². The topological polar surface area (TPSA) is 9.23 Å². The van der Waals surface area contributed by atoms with E-state index in [1.54, 1.807) is 0 Å².